The smallest absolute Gasteiger partial charge is 0.321 e. The summed E-state index contributed by atoms with van der Waals surface area (Å²) in [7, 11) is 0. The second kappa shape index (κ2) is 4.47. The van der Waals surface area contributed by atoms with E-state index in [0.29, 0.717) is 43.1 Å². The lowest BCUT2D eigenvalue weighted by Gasteiger charge is -2.32. The van der Waals surface area contributed by atoms with Crippen LogP contribution in [0.4, 0.5) is 19.3 Å². The van der Waals surface area contributed by atoms with E-state index in [4.69, 9.17) is 9.47 Å². The highest BCUT2D eigenvalue weighted by Crippen LogP contribution is 2.65. The lowest BCUT2D eigenvalue weighted by molar-refractivity contribution is 0.0380. The van der Waals surface area contributed by atoms with Gasteiger partial charge in [0.05, 0.1) is 0 Å². The molecular formula is C15H16F2N2O3. The number of anilines is 1. The molecule has 5 nitrogen and oxygen atoms in total. The molecule has 1 saturated carbocycles. The number of amides is 2. The van der Waals surface area contributed by atoms with Gasteiger partial charge in [0, 0.05) is 36.7 Å². The van der Waals surface area contributed by atoms with Gasteiger partial charge >= 0.3 is 6.03 Å². The van der Waals surface area contributed by atoms with Crippen LogP contribution in [0.5, 0.6) is 11.5 Å². The van der Waals surface area contributed by atoms with Crippen LogP contribution in [0.1, 0.15) is 19.3 Å². The molecule has 2 fully saturated rings. The summed E-state index contributed by atoms with van der Waals surface area (Å²) in [5, 5.41) is 2.77. The predicted octanol–water partition coefficient (Wildman–Crippen LogP) is 3.07. The molecular weight excluding hydrogens is 294 g/mol. The van der Waals surface area contributed by atoms with E-state index in [1.165, 1.54) is 0 Å². The Labute approximate surface area is 126 Å². The zero-order chi connectivity index (χ0) is 15.4. The fourth-order valence-electron chi connectivity index (χ4n) is 3.24. The Bertz CT molecular complexity index is 627. The quantitative estimate of drug-likeness (QED) is 0.867. The van der Waals surface area contributed by atoms with Crippen LogP contribution >= 0.6 is 0 Å². The van der Waals surface area contributed by atoms with Gasteiger partial charge in [-0.2, -0.15) is 0 Å². The van der Waals surface area contributed by atoms with E-state index in [0.717, 1.165) is 0 Å². The summed E-state index contributed by atoms with van der Waals surface area (Å²) in [4.78, 5) is 13.8. The first-order valence-electron chi connectivity index (χ1n) is 7.33. The van der Waals surface area contributed by atoms with Crippen molar-refractivity contribution < 1.29 is 23.0 Å². The molecule has 1 spiro atoms. The normalized spacial score (nSPS) is 23.5. The lowest BCUT2D eigenvalue weighted by atomic mass is 9.93. The number of halogens is 2. The molecule has 1 saturated heterocycles. The first-order chi connectivity index (χ1) is 10.5. The number of urea groups is 1. The van der Waals surface area contributed by atoms with Crippen LogP contribution in [-0.4, -0.2) is 36.7 Å². The number of hydrogen-bond acceptors (Lipinski definition) is 3. The van der Waals surface area contributed by atoms with Gasteiger partial charge in [-0.3, -0.25) is 0 Å². The van der Waals surface area contributed by atoms with Crippen molar-refractivity contribution in [2.75, 3.05) is 25.2 Å². The molecule has 0 unspecified atom stereocenters. The van der Waals surface area contributed by atoms with E-state index >= 15 is 0 Å². The highest BCUT2D eigenvalue weighted by molar-refractivity contribution is 5.89. The van der Waals surface area contributed by atoms with Crippen LogP contribution in [0, 0.1) is 5.41 Å². The fraction of sp³-hybridized carbons (Fsp3) is 0.533. The van der Waals surface area contributed by atoms with Crippen molar-refractivity contribution >= 4 is 11.7 Å². The Hall–Kier alpha value is -2.05. The van der Waals surface area contributed by atoms with Crippen LogP contribution in [0.15, 0.2) is 18.2 Å². The van der Waals surface area contributed by atoms with Gasteiger partial charge in [-0.25, -0.2) is 13.6 Å². The highest BCUT2D eigenvalue weighted by atomic mass is 19.3. The average Bonchev–Trinajstić information content (AvgIpc) is 2.86. The number of carbonyl (C=O) groups is 1. The van der Waals surface area contributed by atoms with Crippen molar-refractivity contribution in [3.63, 3.8) is 0 Å². The summed E-state index contributed by atoms with van der Waals surface area (Å²) in [5.74, 6) is -1.30. The molecule has 1 aliphatic carbocycles. The first kappa shape index (κ1) is 13.6. The Kier molecular flexibility index (Phi) is 2.76. The fourth-order valence-corrected chi connectivity index (χ4v) is 3.24. The topological polar surface area (TPSA) is 50.8 Å². The van der Waals surface area contributed by atoms with Crippen molar-refractivity contribution in [3.05, 3.63) is 18.2 Å². The molecule has 0 radical (unpaired) electrons. The Morgan fingerprint density at radius 2 is 1.86 bits per heavy atom. The minimum atomic E-state index is -2.53. The molecule has 0 bridgehead atoms. The van der Waals surface area contributed by atoms with Crippen molar-refractivity contribution in [1.82, 2.24) is 4.90 Å². The van der Waals surface area contributed by atoms with Crippen LogP contribution in [0.2, 0.25) is 0 Å². The third kappa shape index (κ3) is 2.07. The van der Waals surface area contributed by atoms with Gasteiger partial charge in [-0.15, -0.1) is 0 Å². The summed E-state index contributed by atoms with van der Waals surface area (Å²) in [6.07, 6.45) is 0.709. The van der Waals surface area contributed by atoms with E-state index in [2.05, 4.69) is 5.32 Å². The van der Waals surface area contributed by atoms with Gasteiger partial charge in [-0.1, -0.05) is 0 Å². The maximum atomic E-state index is 13.3. The molecule has 22 heavy (non-hydrogen) atoms. The summed E-state index contributed by atoms with van der Waals surface area (Å²) in [6.45, 7) is 0.910. The summed E-state index contributed by atoms with van der Waals surface area (Å²) < 4.78 is 37.1. The van der Waals surface area contributed by atoms with Crippen LogP contribution in [0.3, 0.4) is 0 Å². The van der Waals surface area contributed by atoms with Crippen molar-refractivity contribution in [2.24, 2.45) is 5.41 Å². The highest BCUT2D eigenvalue weighted by Gasteiger charge is 2.70. The molecule has 1 aromatic rings. The van der Waals surface area contributed by atoms with E-state index < -0.39 is 11.3 Å². The SMILES string of the molecule is O=C(Nc1ccc2c(c1)OCO2)N1CCC2(CC1)CC2(F)F. The zero-order valence-corrected chi connectivity index (χ0v) is 11.9. The van der Waals surface area contributed by atoms with Gasteiger partial charge in [0.15, 0.2) is 11.5 Å². The standard InChI is InChI=1S/C15H16F2N2O3/c16-15(17)8-14(15)3-5-19(6-4-14)13(20)18-10-1-2-11-12(7-10)22-9-21-11/h1-2,7H,3-6,8-9H2,(H,18,20). The van der Waals surface area contributed by atoms with Gasteiger partial charge in [0.1, 0.15) is 0 Å². The Balaban J connectivity index is 1.37. The molecule has 4 rings (SSSR count). The van der Waals surface area contributed by atoms with Crippen molar-refractivity contribution in [3.8, 4) is 11.5 Å². The van der Waals surface area contributed by atoms with Gasteiger partial charge in [-0.05, 0) is 25.0 Å². The second-order valence-electron chi connectivity index (χ2n) is 6.15. The monoisotopic (exact) mass is 310 g/mol. The van der Waals surface area contributed by atoms with E-state index in [1.54, 1.807) is 23.1 Å². The first-order valence-corrected chi connectivity index (χ1v) is 7.33. The number of likely N-dealkylation sites (tertiary alicyclic amines) is 1. The lowest BCUT2D eigenvalue weighted by Crippen LogP contribution is -2.42. The third-order valence-corrected chi connectivity index (χ3v) is 4.84. The number of nitrogens with one attached hydrogen (secondary N) is 1. The molecule has 2 heterocycles. The molecule has 118 valence electrons. The van der Waals surface area contributed by atoms with Gasteiger partial charge in [0.25, 0.3) is 5.92 Å². The van der Waals surface area contributed by atoms with E-state index in [9.17, 15) is 13.6 Å². The number of hydrogen-bond donors (Lipinski definition) is 1. The number of fused-ring (bicyclic) bond motifs is 1. The second-order valence-corrected chi connectivity index (χ2v) is 6.15. The number of ether oxygens (including phenoxy) is 2. The van der Waals surface area contributed by atoms with E-state index in [1.807, 2.05) is 0 Å². The zero-order valence-electron chi connectivity index (χ0n) is 11.9. The number of rotatable bonds is 1. The number of nitrogens with zero attached hydrogens (tertiary/aromatic N) is 1. The van der Waals surface area contributed by atoms with Crippen LogP contribution in [0.25, 0.3) is 0 Å². The molecule has 1 aromatic carbocycles. The largest absolute Gasteiger partial charge is 0.454 e. The summed E-state index contributed by atoms with van der Waals surface area (Å²) >= 11 is 0. The maximum absolute atomic E-state index is 13.3. The van der Waals surface area contributed by atoms with Crippen LogP contribution in [-0.2, 0) is 0 Å². The molecule has 7 heteroatoms. The summed E-state index contributed by atoms with van der Waals surface area (Å²) in [5.41, 5.74) is -0.242. The van der Waals surface area contributed by atoms with Crippen molar-refractivity contribution in [2.45, 2.75) is 25.2 Å². The van der Waals surface area contributed by atoms with Crippen LogP contribution < -0.4 is 14.8 Å². The Morgan fingerprint density at radius 3 is 2.55 bits per heavy atom. The number of benzene rings is 1. The van der Waals surface area contributed by atoms with Crippen molar-refractivity contribution in [1.29, 1.82) is 0 Å². The molecule has 3 aliphatic rings. The molecule has 2 aliphatic heterocycles. The number of piperidine rings is 1. The third-order valence-electron chi connectivity index (χ3n) is 4.84. The predicted molar refractivity (Wildman–Crippen MR) is 74.4 cm³/mol. The molecule has 2 amide bonds. The minimum absolute atomic E-state index is 0.0301. The average molecular weight is 310 g/mol. The molecule has 0 atom stereocenters. The maximum Gasteiger partial charge on any atom is 0.321 e. The van der Waals surface area contributed by atoms with Gasteiger partial charge in [0.2, 0.25) is 6.79 Å². The van der Waals surface area contributed by atoms with Gasteiger partial charge < -0.3 is 19.7 Å². The molecule has 0 aromatic heterocycles. The van der Waals surface area contributed by atoms with E-state index in [-0.39, 0.29) is 19.2 Å². The minimum Gasteiger partial charge on any atom is -0.454 e. The Morgan fingerprint density at radius 1 is 1.18 bits per heavy atom. The summed E-state index contributed by atoms with van der Waals surface area (Å²) in [6, 6.07) is 4.89. The number of carbonyl (C=O) groups excluding carboxylic acids is 1. The molecule has 1 N–H and O–H groups in total. The number of alkyl halides is 2.